The molecule has 0 aliphatic carbocycles. The summed E-state index contributed by atoms with van der Waals surface area (Å²) in [6.07, 6.45) is 0. The Hall–Kier alpha value is -5.60. The molecule has 83 heavy (non-hydrogen) atoms. The number of nitrogens with two attached hydrogens (primary N) is 1. The van der Waals surface area contributed by atoms with Gasteiger partial charge in [0.25, 0.3) is 0 Å². The van der Waals surface area contributed by atoms with E-state index in [0.29, 0.717) is 88.0 Å². The van der Waals surface area contributed by atoms with Crippen molar-refractivity contribution in [3.05, 3.63) is 263 Å². The number of carbonyl (C=O) groups excluding carboxylic acids is 2. The van der Waals surface area contributed by atoms with E-state index in [1.54, 1.807) is 109 Å². The van der Waals surface area contributed by atoms with Gasteiger partial charge in [-0.2, -0.15) is 0 Å². The molecule has 0 saturated carbocycles. The van der Waals surface area contributed by atoms with Crippen molar-refractivity contribution >= 4 is 121 Å². The standard InChI is InChI=1S/C21H16Cl2FNO2.C20H14Cl2FNO2.C14H12FNO2.C7H5BrCl2.K.H2O/c1-27-21(26)18-10-19(24)17(14-5-3-2-4-6-14)11-20(18)25-12-13-7-15(22)9-16(23)8-13;21-14-6-12(7-15(22)8-14)11-24-19-10-16(13-4-2-1-3-5-13)18(23)9-17(19)20(25)26;1-18-14(17)11-7-12(15)10(8-13(11)16)9-5-3-2-4-6-9;8-4-5-1-6(9)3-7(10)2-5;;/h2-11,25H,12H2,1H3;1-10,24H,11H2,(H,25,26);2-8H,16H2,1H3;1-3H,4H2;;1H2/q;;;;+1;/p-1. The summed E-state index contributed by atoms with van der Waals surface area (Å²) in [4.78, 5) is 34.9. The second-order valence-electron chi connectivity index (χ2n) is 17.2. The average molecular weight is 1340 g/mol. The molecule has 0 aliphatic rings. The fraction of sp³-hybridized carbons (Fsp3) is 0.0806. The number of ether oxygens (including phenoxy) is 2. The summed E-state index contributed by atoms with van der Waals surface area (Å²) in [5, 5.41) is 19.7. The maximum Gasteiger partial charge on any atom is 1.00 e. The van der Waals surface area contributed by atoms with E-state index in [1.807, 2.05) is 42.5 Å². The zero-order valence-corrected chi connectivity index (χ0v) is 53.5. The van der Waals surface area contributed by atoms with Gasteiger partial charge in [-0.15, -0.1) is 0 Å². The summed E-state index contributed by atoms with van der Waals surface area (Å²) in [6, 6.07) is 50.6. The van der Waals surface area contributed by atoms with Gasteiger partial charge in [0.15, 0.2) is 0 Å². The largest absolute Gasteiger partial charge is 1.00 e. The Morgan fingerprint density at radius 1 is 0.470 bits per heavy atom. The van der Waals surface area contributed by atoms with Crippen LogP contribution >= 0.6 is 85.5 Å². The van der Waals surface area contributed by atoms with Gasteiger partial charge in [0.2, 0.25) is 0 Å². The Balaban J connectivity index is 0.000000247. The van der Waals surface area contributed by atoms with E-state index in [0.717, 1.165) is 34.2 Å². The Morgan fingerprint density at radius 2 is 0.771 bits per heavy atom. The van der Waals surface area contributed by atoms with E-state index in [4.69, 9.17) is 80.1 Å². The summed E-state index contributed by atoms with van der Waals surface area (Å²) >= 11 is 38.8. The number of alkyl halides is 1. The number of hydrogen-bond acceptors (Lipinski definition) is 9. The van der Waals surface area contributed by atoms with Gasteiger partial charge in [-0.1, -0.05) is 177 Å². The Bertz CT molecular complexity index is 3620. The SMILES string of the molecule is COC(=O)c1cc(F)c(-c2ccccc2)cc1N.COC(=O)c1cc(F)c(-c2ccccc2)cc1NCc1cc(Cl)cc(Cl)c1.Clc1cc(Cl)cc(CBr)c1.O=C(O)c1cc(F)c(-c2ccccc2)cc1NCc1cc(Cl)cc(Cl)c1.[K+].[OH-]. The summed E-state index contributed by atoms with van der Waals surface area (Å²) in [5.74, 6) is -4.08. The maximum atomic E-state index is 14.6. The Kier molecular flexibility index (Phi) is 28.9. The van der Waals surface area contributed by atoms with Crippen molar-refractivity contribution in [1.82, 2.24) is 0 Å². The number of esters is 2. The number of aromatic carboxylic acids is 1. The fourth-order valence-corrected chi connectivity index (χ4v) is 9.83. The molecule has 6 N–H and O–H groups in total. The van der Waals surface area contributed by atoms with Gasteiger partial charge >= 0.3 is 69.3 Å². The van der Waals surface area contributed by atoms with Crippen LogP contribution in [0.25, 0.3) is 33.4 Å². The third-order valence-electron chi connectivity index (χ3n) is 11.5. The number of rotatable bonds is 13. The summed E-state index contributed by atoms with van der Waals surface area (Å²) in [7, 11) is 2.48. The summed E-state index contributed by atoms with van der Waals surface area (Å²) < 4.78 is 52.3. The Morgan fingerprint density at radius 3 is 1.11 bits per heavy atom. The molecule has 0 unspecified atom stereocenters. The van der Waals surface area contributed by atoms with Crippen LogP contribution in [0.5, 0.6) is 0 Å². The van der Waals surface area contributed by atoms with Crippen molar-refractivity contribution in [2.45, 2.75) is 18.4 Å². The second kappa shape index (κ2) is 34.4. The number of nitrogens with one attached hydrogen (secondary N) is 2. The number of benzene rings is 9. The summed E-state index contributed by atoms with van der Waals surface area (Å²) in [5.41, 5.74) is 12.6. The predicted molar refractivity (Wildman–Crippen MR) is 328 cm³/mol. The molecule has 0 atom stereocenters. The van der Waals surface area contributed by atoms with Crippen LogP contribution in [0.4, 0.5) is 30.2 Å². The van der Waals surface area contributed by atoms with Gasteiger partial charge in [-0.3, -0.25) is 0 Å². The molecule has 9 aromatic carbocycles. The van der Waals surface area contributed by atoms with Crippen molar-refractivity contribution in [2.24, 2.45) is 0 Å². The number of carboxylic acids is 1. The molecule has 9 rings (SSSR count). The molecule has 0 aliphatic heterocycles. The quantitative estimate of drug-likeness (QED) is 0.0377. The van der Waals surface area contributed by atoms with E-state index in [9.17, 15) is 32.7 Å². The van der Waals surface area contributed by atoms with Crippen LogP contribution in [-0.4, -0.2) is 42.7 Å². The molecule has 0 amide bonds. The van der Waals surface area contributed by atoms with Gasteiger partial charge in [0.05, 0.1) is 30.9 Å². The minimum absolute atomic E-state index is 0. The van der Waals surface area contributed by atoms with Gasteiger partial charge in [0.1, 0.15) is 17.5 Å². The maximum absolute atomic E-state index is 14.6. The number of nitrogen functional groups attached to an aromatic ring is 1. The molecule has 0 heterocycles. The van der Waals surface area contributed by atoms with Crippen molar-refractivity contribution in [3.8, 4) is 33.4 Å². The van der Waals surface area contributed by atoms with E-state index in [-0.39, 0.29) is 79.2 Å². The number of carboxylic acid groups (broad SMARTS) is 1. The monoisotopic (exact) mass is 1330 g/mol. The van der Waals surface area contributed by atoms with Crippen molar-refractivity contribution in [1.29, 1.82) is 0 Å². The predicted octanol–water partition coefficient (Wildman–Crippen LogP) is 15.9. The van der Waals surface area contributed by atoms with Gasteiger partial charge < -0.3 is 36.4 Å². The number of carbonyl (C=O) groups is 3. The molecule has 0 fully saturated rings. The first-order valence-corrected chi connectivity index (χ1v) is 27.4. The van der Waals surface area contributed by atoms with Crippen LogP contribution in [-0.2, 0) is 27.9 Å². The molecule has 0 spiro atoms. The molecular formula is C62H48BrCl6F3KN3O7. The van der Waals surface area contributed by atoms with Crippen LogP contribution in [0, 0.1) is 17.5 Å². The van der Waals surface area contributed by atoms with Gasteiger partial charge in [-0.25, -0.2) is 27.6 Å². The zero-order chi connectivity index (χ0) is 58.8. The topological polar surface area (TPSA) is 170 Å². The van der Waals surface area contributed by atoms with Gasteiger partial charge in [-0.05, 0) is 124 Å². The minimum Gasteiger partial charge on any atom is -0.870 e. The minimum atomic E-state index is -1.21. The third-order valence-corrected chi connectivity index (χ3v) is 13.5. The van der Waals surface area contributed by atoms with E-state index < -0.39 is 35.4 Å². The second-order valence-corrected chi connectivity index (χ2v) is 20.4. The molecule has 0 aromatic heterocycles. The molecule has 0 bridgehead atoms. The van der Waals surface area contributed by atoms with Crippen molar-refractivity contribution in [2.75, 3.05) is 30.6 Å². The fourth-order valence-electron chi connectivity index (χ4n) is 7.80. The van der Waals surface area contributed by atoms with E-state index in [2.05, 4.69) is 31.3 Å². The van der Waals surface area contributed by atoms with E-state index in [1.165, 1.54) is 32.4 Å². The van der Waals surface area contributed by atoms with Crippen LogP contribution in [0.15, 0.2) is 182 Å². The number of anilines is 3. The molecule has 424 valence electrons. The first-order chi connectivity index (χ1) is 38.8. The van der Waals surface area contributed by atoms with Crippen LogP contribution < -0.4 is 67.8 Å². The first-order valence-electron chi connectivity index (χ1n) is 24.0. The number of halogens is 10. The molecule has 10 nitrogen and oxygen atoms in total. The Labute approximate surface area is 558 Å². The van der Waals surface area contributed by atoms with Crippen molar-refractivity contribution < 1.29 is 99.0 Å². The van der Waals surface area contributed by atoms with E-state index >= 15 is 0 Å². The number of methoxy groups -OCH3 is 2. The van der Waals surface area contributed by atoms with Crippen molar-refractivity contribution in [3.63, 3.8) is 0 Å². The normalized spacial score (nSPS) is 10.1. The molecule has 9 aromatic rings. The average Bonchev–Trinajstić information content (AvgIpc) is 3.60. The first kappa shape index (κ1) is 69.9. The van der Waals surface area contributed by atoms with Crippen LogP contribution in [0.1, 0.15) is 47.8 Å². The molecule has 21 heteroatoms. The van der Waals surface area contributed by atoms with Crippen LogP contribution in [0.2, 0.25) is 30.1 Å². The smallest absolute Gasteiger partial charge is 0.870 e. The summed E-state index contributed by atoms with van der Waals surface area (Å²) in [6.45, 7) is 0.643. The molecular weight excluding hydrogens is 1290 g/mol. The van der Waals surface area contributed by atoms with Gasteiger partial charge in [0, 0.05) is 82.3 Å². The zero-order valence-electron chi connectivity index (χ0n) is 44.2. The van der Waals surface area contributed by atoms with Crippen LogP contribution in [0.3, 0.4) is 0 Å². The molecule has 0 saturated heterocycles. The number of hydrogen-bond donors (Lipinski definition) is 4. The molecule has 0 radical (unpaired) electrons. The third kappa shape index (κ3) is 20.9.